The quantitative estimate of drug-likeness (QED) is 0.675. The Labute approximate surface area is 106 Å². The highest BCUT2D eigenvalue weighted by Crippen LogP contribution is 2.29. The normalized spacial score (nSPS) is 30.0. The summed E-state index contributed by atoms with van der Waals surface area (Å²) in [6, 6.07) is 0.494. The number of hydrogen-bond donors (Lipinski definition) is 1. The number of nitrogens with one attached hydrogen (secondary N) is 1. The maximum absolute atomic E-state index is 6.04. The fraction of sp³-hybridized carbons (Fsp3) is 1.00. The zero-order valence-electron chi connectivity index (χ0n) is 11.9. The molecule has 0 aromatic rings. The fourth-order valence-electron chi connectivity index (χ4n) is 2.43. The van der Waals surface area contributed by atoms with Crippen molar-refractivity contribution in [1.29, 1.82) is 0 Å². The number of ether oxygens (including phenoxy) is 2. The Morgan fingerprint density at radius 1 is 1.24 bits per heavy atom. The van der Waals surface area contributed by atoms with Crippen molar-refractivity contribution in [2.45, 2.75) is 77.7 Å². The Morgan fingerprint density at radius 3 is 2.59 bits per heavy atom. The Kier molecular flexibility index (Phi) is 7.09. The van der Waals surface area contributed by atoms with Gasteiger partial charge in [-0.05, 0) is 39.7 Å². The topological polar surface area (TPSA) is 30.5 Å². The van der Waals surface area contributed by atoms with Gasteiger partial charge in [0.15, 0.2) is 0 Å². The summed E-state index contributed by atoms with van der Waals surface area (Å²) in [6.45, 7) is 10.5. The van der Waals surface area contributed by atoms with Crippen molar-refractivity contribution >= 4 is 0 Å². The van der Waals surface area contributed by atoms with Crippen molar-refractivity contribution in [1.82, 2.24) is 5.32 Å². The van der Waals surface area contributed by atoms with Gasteiger partial charge in [0, 0.05) is 12.6 Å². The molecule has 1 rings (SSSR count). The van der Waals surface area contributed by atoms with E-state index in [0.717, 1.165) is 26.0 Å². The van der Waals surface area contributed by atoms with Gasteiger partial charge in [0.2, 0.25) is 0 Å². The van der Waals surface area contributed by atoms with Crippen LogP contribution in [-0.2, 0) is 9.47 Å². The van der Waals surface area contributed by atoms with Crippen LogP contribution in [0.15, 0.2) is 0 Å². The SMILES string of the molecule is CCCNC1CC(OC(C)CCC)C1OCC. The molecule has 1 aliphatic carbocycles. The van der Waals surface area contributed by atoms with Crippen LogP contribution in [0.3, 0.4) is 0 Å². The van der Waals surface area contributed by atoms with Gasteiger partial charge in [-0.15, -0.1) is 0 Å². The molecule has 0 aliphatic heterocycles. The summed E-state index contributed by atoms with van der Waals surface area (Å²) in [6.07, 6.45) is 5.51. The van der Waals surface area contributed by atoms with Gasteiger partial charge >= 0.3 is 0 Å². The van der Waals surface area contributed by atoms with Crippen molar-refractivity contribution in [3.63, 3.8) is 0 Å². The molecule has 0 amide bonds. The van der Waals surface area contributed by atoms with E-state index in [2.05, 4.69) is 33.0 Å². The summed E-state index contributed by atoms with van der Waals surface area (Å²) in [7, 11) is 0. The van der Waals surface area contributed by atoms with Crippen LogP contribution in [-0.4, -0.2) is 37.5 Å². The third-order valence-corrected chi connectivity index (χ3v) is 3.37. The molecule has 0 aromatic carbocycles. The van der Waals surface area contributed by atoms with Gasteiger partial charge < -0.3 is 14.8 Å². The lowest BCUT2D eigenvalue weighted by Crippen LogP contribution is -2.60. The van der Waals surface area contributed by atoms with Crippen molar-refractivity contribution in [3.8, 4) is 0 Å². The predicted molar refractivity (Wildman–Crippen MR) is 71.4 cm³/mol. The summed E-state index contributed by atoms with van der Waals surface area (Å²) in [5, 5.41) is 3.53. The molecule has 1 fully saturated rings. The number of rotatable bonds is 9. The van der Waals surface area contributed by atoms with E-state index < -0.39 is 0 Å². The van der Waals surface area contributed by atoms with Crippen LogP contribution in [0.2, 0.25) is 0 Å². The summed E-state index contributed by atoms with van der Waals surface area (Å²) >= 11 is 0. The number of hydrogen-bond acceptors (Lipinski definition) is 3. The molecule has 0 heterocycles. The molecular formula is C14H29NO2. The average Bonchev–Trinajstić information content (AvgIpc) is 2.30. The van der Waals surface area contributed by atoms with Gasteiger partial charge in [0.05, 0.1) is 18.3 Å². The predicted octanol–water partition coefficient (Wildman–Crippen LogP) is 2.74. The van der Waals surface area contributed by atoms with Crippen LogP contribution in [0.4, 0.5) is 0 Å². The van der Waals surface area contributed by atoms with Crippen LogP contribution >= 0.6 is 0 Å². The molecule has 1 aliphatic rings. The zero-order valence-corrected chi connectivity index (χ0v) is 11.9. The van der Waals surface area contributed by atoms with E-state index in [9.17, 15) is 0 Å². The lowest BCUT2D eigenvalue weighted by molar-refractivity contribution is -0.163. The lowest BCUT2D eigenvalue weighted by atomic mass is 9.84. The molecule has 0 spiro atoms. The minimum atomic E-state index is 0.255. The molecular weight excluding hydrogens is 214 g/mol. The lowest BCUT2D eigenvalue weighted by Gasteiger charge is -2.45. The molecule has 3 nitrogen and oxygen atoms in total. The van der Waals surface area contributed by atoms with Gasteiger partial charge in [0.25, 0.3) is 0 Å². The van der Waals surface area contributed by atoms with Crippen molar-refractivity contribution in [2.24, 2.45) is 0 Å². The molecule has 0 saturated heterocycles. The largest absolute Gasteiger partial charge is 0.374 e. The highest BCUT2D eigenvalue weighted by atomic mass is 16.6. The van der Waals surface area contributed by atoms with Gasteiger partial charge in [-0.1, -0.05) is 20.3 Å². The molecule has 102 valence electrons. The molecule has 0 radical (unpaired) electrons. The van der Waals surface area contributed by atoms with Crippen LogP contribution in [0.1, 0.15) is 53.4 Å². The smallest absolute Gasteiger partial charge is 0.0990 e. The van der Waals surface area contributed by atoms with Crippen LogP contribution < -0.4 is 5.32 Å². The van der Waals surface area contributed by atoms with Gasteiger partial charge in [-0.25, -0.2) is 0 Å². The first-order valence-corrected chi connectivity index (χ1v) is 7.23. The molecule has 17 heavy (non-hydrogen) atoms. The van der Waals surface area contributed by atoms with Crippen LogP contribution in [0.5, 0.6) is 0 Å². The van der Waals surface area contributed by atoms with E-state index in [-0.39, 0.29) is 6.10 Å². The molecule has 3 heteroatoms. The average molecular weight is 243 g/mol. The first kappa shape index (κ1) is 14.9. The second kappa shape index (κ2) is 8.06. The molecule has 1 N–H and O–H groups in total. The first-order chi connectivity index (χ1) is 8.22. The van der Waals surface area contributed by atoms with E-state index in [1.165, 1.54) is 12.8 Å². The van der Waals surface area contributed by atoms with Crippen molar-refractivity contribution < 1.29 is 9.47 Å². The summed E-state index contributed by atoms with van der Waals surface area (Å²) < 4.78 is 11.8. The Balaban J connectivity index is 2.31. The molecule has 4 unspecified atom stereocenters. The van der Waals surface area contributed by atoms with Gasteiger partial charge in [-0.3, -0.25) is 0 Å². The Hall–Kier alpha value is -0.120. The monoisotopic (exact) mass is 243 g/mol. The van der Waals surface area contributed by atoms with Gasteiger partial charge in [0.1, 0.15) is 0 Å². The van der Waals surface area contributed by atoms with E-state index >= 15 is 0 Å². The summed E-state index contributed by atoms with van der Waals surface area (Å²) in [5.74, 6) is 0. The van der Waals surface area contributed by atoms with Gasteiger partial charge in [-0.2, -0.15) is 0 Å². The third kappa shape index (κ3) is 4.57. The minimum Gasteiger partial charge on any atom is -0.374 e. The first-order valence-electron chi connectivity index (χ1n) is 7.23. The Morgan fingerprint density at radius 2 is 2.00 bits per heavy atom. The van der Waals surface area contributed by atoms with E-state index in [1.54, 1.807) is 0 Å². The third-order valence-electron chi connectivity index (χ3n) is 3.37. The molecule has 4 atom stereocenters. The van der Waals surface area contributed by atoms with E-state index in [0.29, 0.717) is 18.2 Å². The zero-order chi connectivity index (χ0) is 12.7. The highest BCUT2D eigenvalue weighted by molar-refractivity contribution is 4.97. The molecule has 0 bridgehead atoms. The summed E-state index contributed by atoms with van der Waals surface area (Å²) in [4.78, 5) is 0. The maximum atomic E-state index is 6.04. The molecule has 0 aromatic heterocycles. The molecule has 1 saturated carbocycles. The Bertz CT molecular complexity index is 199. The second-order valence-electron chi connectivity index (χ2n) is 4.99. The van der Waals surface area contributed by atoms with Crippen LogP contribution in [0.25, 0.3) is 0 Å². The maximum Gasteiger partial charge on any atom is 0.0990 e. The van der Waals surface area contributed by atoms with Crippen LogP contribution in [0, 0.1) is 0 Å². The second-order valence-corrected chi connectivity index (χ2v) is 4.99. The van der Waals surface area contributed by atoms with Crippen molar-refractivity contribution in [2.75, 3.05) is 13.2 Å². The summed E-state index contributed by atoms with van der Waals surface area (Å²) in [5.41, 5.74) is 0. The highest BCUT2D eigenvalue weighted by Gasteiger charge is 2.42. The standard InChI is InChI=1S/C14H29NO2/c1-5-8-11(4)17-13-10-12(15-9-6-2)14(13)16-7-3/h11-15H,5-10H2,1-4H3. The fourth-order valence-corrected chi connectivity index (χ4v) is 2.43. The van der Waals surface area contributed by atoms with E-state index in [1.807, 2.05) is 0 Å². The minimum absolute atomic E-state index is 0.255. The van der Waals surface area contributed by atoms with E-state index in [4.69, 9.17) is 9.47 Å². The van der Waals surface area contributed by atoms with Crippen molar-refractivity contribution in [3.05, 3.63) is 0 Å².